The van der Waals surface area contributed by atoms with Crippen LogP contribution in [0.5, 0.6) is 5.75 Å². The normalized spacial score (nSPS) is 10.7. The number of rotatable bonds is 7. The zero-order valence-electron chi connectivity index (χ0n) is 18.0. The van der Waals surface area contributed by atoms with Crippen molar-refractivity contribution < 1.29 is 19.1 Å². The van der Waals surface area contributed by atoms with Crippen molar-refractivity contribution in [2.75, 3.05) is 12.4 Å². The summed E-state index contributed by atoms with van der Waals surface area (Å²) >= 11 is 1.10. The van der Waals surface area contributed by atoms with Gasteiger partial charge in [0.25, 0.3) is 5.56 Å². The van der Waals surface area contributed by atoms with Gasteiger partial charge in [0.2, 0.25) is 5.91 Å². The van der Waals surface area contributed by atoms with E-state index in [0.29, 0.717) is 32.1 Å². The van der Waals surface area contributed by atoms with Crippen LogP contribution in [0.2, 0.25) is 0 Å². The van der Waals surface area contributed by atoms with Gasteiger partial charge in [0, 0.05) is 5.69 Å². The molecule has 4 aromatic rings. The average molecular weight is 464 g/mol. The zero-order valence-corrected chi connectivity index (χ0v) is 18.8. The number of benzene rings is 2. The van der Waals surface area contributed by atoms with Crippen molar-refractivity contribution in [2.45, 2.75) is 20.1 Å². The van der Waals surface area contributed by atoms with Crippen molar-refractivity contribution in [3.63, 3.8) is 0 Å². The lowest BCUT2D eigenvalue weighted by atomic mass is 10.2. The number of nitrogens with zero attached hydrogens (tertiary/aromatic N) is 2. The molecule has 2 aromatic carbocycles. The predicted molar refractivity (Wildman–Crippen MR) is 126 cm³/mol. The third kappa shape index (κ3) is 4.93. The van der Waals surface area contributed by atoms with Gasteiger partial charge in [0.15, 0.2) is 0 Å². The highest BCUT2D eigenvalue weighted by molar-refractivity contribution is 7.20. The Kier molecular flexibility index (Phi) is 6.50. The van der Waals surface area contributed by atoms with Crippen LogP contribution in [0.4, 0.5) is 5.69 Å². The summed E-state index contributed by atoms with van der Waals surface area (Å²) in [5.74, 6) is -0.216. The molecule has 168 valence electrons. The van der Waals surface area contributed by atoms with Crippen molar-refractivity contribution in [1.82, 2.24) is 9.55 Å². The van der Waals surface area contributed by atoms with Crippen molar-refractivity contribution >= 4 is 39.1 Å². The fourth-order valence-corrected chi connectivity index (χ4v) is 4.32. The number of esters is 1. The van der Waals surface area contributed by atoms with Crippen molar-refractivity contribution in [3.05, 3.63) is 87.3 Å². The van der Waals surface area contributed by atoms with E-state index in [-0.39, 0.29) is 24.6 Å². The summed E-state index contributed by atoms with van der Waals surface area (Å²) in [4.78, 5) is 43.1. The second kappa shape index (κ2) is 9.66. The smallest absolute Gasteiger partial charge is 0.349 e. The van der Waals surface area contributed by atoms with Crippen LogP contribution in [0.3, 0.4) is 0 Å². The SMILES string of the molecule is COc1ccc(NC(=O)Cn2cnc3sc(C(=O)OCc4ccccc4)c(C)c3c2=O)cc1. The molecule has 9 heteroatoms. The molecule has 33 heavy (non-hydrogen) atoms. The first-order valence-electron chi connectivity index (χ1n) is 10.1. The third-order valence-corrected chi connectivity index (χ3v) is 6.18. The Morgan fingerprint density at radius 1 is 1.09 bits per heavy atom. The van der Waals surface area contributed by atoms with E-state index in [0.717, 1.165) is 16.9 Å². The number of hydrogen-bond donors (Lipinski definition) is 1. The molecule has 8 nitrogen and oxygen atoms in total. The number of nitrogens with one attached hydrogen (secondary N) is 1. The Balaban J connectivity index is 1.50. The molecule has 0 saturated carbocycles. The Morgan fingerprint density at radius 2 is 1.82 bits per heavy atom. The van der Waals surface area contributed by atoms with E-state index < -0.39 is 5.97 Å². The first kappa shape index (κ1) is 22.2. The quantitative estimate of drug-likeness (QED) is 0.419. The monoisotopic (exact) mass is 463 g/mol. The van der Waals surface area contributed by atoms with E-state index in [1.54, 1.807) is 38.3 Å². The molecule has 0 aliphatic rings. The van der Waals surface area contributed by atoms with Crippen molar-refractivity contribution in [2.24, 2.45) is 0 Å². The molecule has 0 saturated heterocycles. The van der Waals surface area contributed by atoms with Gasteiger partial charge in [-0.1, -0.05) is 30.3 Å². The number of amides is 1. The summed E-state index contributed by atoms with van der Waals surface area (Å²) in [7, 11) is 1.56. The highest BCUT2D eigenvalue weighted by Crippen LogP contribution is 2.27. The van der Waals surface area contributed by atoms with Crippen LogP contribution in [0.15, 0.2) is 65.7 Å². The van der Waals surface area contributed by atoms with Gasteiger partial charge in [-0.2, -0.15) is 0 Å². The molecular formula is C24H21N3O5S. The largest absolute Gasteiger partial charge is 0.497 e. The molecule has 0 unspecified atom stereocenters. The van der Waals surface area contributed by atoms with Crippen LogP contribution in [-0.2, 0) is 22.7 Å². The minimum atomic E-state index is -0.512. The maximum Gasteiger partial charge on any atom is 0.349 e. The van der Waals surface area contributed by atoms with Crippen molar-refractivity contribution in [3.8, 4) is 5.75 Å². The van der Waals surface area contributed by atoms with E-state index in [9.17, 15) is 14.4 Å². The molecule has 0 spiro atoms. The molecule has 1 amide bonds. The molecule has 1 N–H and O–H groups in total. The summed E-state index contributed by atoms with van der Waals surface area (Å²) < 4.78 is 11.7. The number of thiophene rings is 1. The Hall–Kier alpha value is -3.98. The molecule has 0 atom stereocenters. The number of carbonyl (C=O) groups is 2. The lowest BCUT2D eigenvalue weighted by Crippen LogP contribution is -2.27. The van der Waals surface area contributed by atoms with Crippen molar-refractivity contribution in [1.29, 1.82) is 0 Å². The van der Waals surface area contributed by atoms with Gasteiger partial charge in [-0.3, -0.25) is 14.2 Å². The molecule has 0 aliphatic heterocycles. The lowest BCUT2D eigenvalue weighted by Gasteiger charge is -2.08. The first-order chi connectivity index (χ1) is 16.0. The average Bonchev–Trinajstić information content (AvgIpc) is 3.17. The van der Waals surface area contributed by atoms with Crippen LogP contribution in [-0.4, -0.2) is 28.5 Å². The molecule has 0 aliphatic carbocycles. The molecule has 0 bridgehead atoms. The molecule has 2 aromatic heterocycles. The van der Waals surface area contributed by atoms with Crippen LogP contribution in [0, 0.1) is 6.92 Å². The van der Waals surface area contributed by atoms with Crippen LogP contribution >= 0.6 is 11.3 Å². The Bertz CT molecular complexity index is 1360. The number of carbonyl (C=O) groups excluding carboxylic acids is 2. The highest BCUT2D eigenvalue weighted by atomic mass is 32.1. The predicted octanol–water partition coefficient (Wildman–Crippen LogP) is 3.77. The second-order valence-corrected chi connectivity index (χ2v) is 8.25. The van der Waals surface area contributed by atoms with E-state index in [1.165, 1.54) is 10.9 Å². The summed E-state index contributed by atoms with van der Waals surface area (Å²) in [5.41, 5.74) is 1.56. The van der Waals surface area contributed by atoms with E-state index in [2.05, 4.69) is 10.3 Å². The maximum absolute atomic E-state index is 13.0. The van der Waals surface area contributed by atoms with Crippen LogP contribution < -0.4 is 15.6 Å². The topological polar surface area (TPSA) is 99.5 Å². The minimum absolute atomic E-state index is 0.135. The summed E-state index contributed by atoms with van der Waals surface area (Å²) in [6, 6.07) is 16.2. The van der Waals surface area contributed by atoms with Gasteiger partial charge in [-0.15, -0.1) is 11.3 Å². The summed E-state index contributed by atoms with van der Waals surface area (Å²) in [6.45, 7) is 1.61. The number of hydrogen-bond acceptors (Lipinski definition) is 7. The maximum atomic E-state index is 13.0. The second-order valence-electron chi connectivity index (χ2n) is 7.25. The third-order valence-electron chi connectivity index (χ3n) is 5.00. The fourth-order valence-electron chi connectivity index (χ4n) is 3.28. The highest BCUT2D eigenvalue weighted by Gasteiger charge is 2.21. The van der Waals surface area contributed by atoms with E-state index in [4.69, 9.17) is 9.47 Å². The zero-order chi connectivity index (χ0) is 23.4. The molecule has 4 rings (SSSR count). The number of aromatic nitrogens is 2. The van der Waals surface area contributed by atoms with Crippen LogP contribution in [0.1, 0.15) is 20.8 Å². The fraction of sp³-hybridized carbons (Fsp3) is 0.167. The van der Waals surface area contributed by atoms with Gasteiger partial charge < -0.3 is 14.8 Å². The molecule has 0 radical (unpaired) electrons. The Morgan fingerprint density at radius 3 is 2.52 bits per heavy atom. The van der Waals surface area contributed by atoms with Gasteiger partial charge in [0.1, 0.15) is 28.6 Å². The number of ether oxygens (including phenoxy) is 2. The molecule has 0 fully saturated rings. The number of methoxy groups -OCH3 is 1. The number of fused-ring (bicyclic) bond motifs is 1. The first-order valence-corrected chi connectivity index (χ1v) is 10.9. The lowest BCUT2D eigenvalue weighted by molar-refractivity contribution is -0.116. The van der Waals surface area contributed by atoms with Crippen LogP contribution in [0.25, 0.3) is 10.2 Å². The number of aryl methyl sites for hydroxylation is 1. The molecular weight excluding hydrogens is 442 g/mol. The van der Waals surface area contributed by atoms with Gasteiger partial charge in [-0.05, 0) is 42.3 Å². The van der Waals surface area contributed by atoms with Gasteiger partial charge >= 0.3 is 5.97 Å². The number of anilines is 1. The molecule has 2 heterocycles. The van der Waals surface area contributed by atoms with E-state index in [1.807, 2.05) is 30.3 Å². The van der Waals surface area contributed by atoms with Gasteiger partial charge in [0.05, 0.1) is 18.8 Å². The summed E-state index contributed by atoms with van der Waals surface area (Å²) in [6.07, 6.45) is 1.31. The summed E-state index contributed by atoms with van der Waals surface area (Å²) in [5, 5.41) is 3.05. The standard InChI is InChI=1S/C24H21N3O5S/c1-15-20-22(33-21(15)24(30)32-13-16-6-4-3-5-7-16)25-14-27(23(20)29)12-19(28)26-17-8-10-18(31-2)11-9-17/h3-11,14H,12-13H2,1-2H3,(H,26,28). The Labute approximate surface area is 193 Å². The van der Waals surface area contributed by atoms with E-state index >= 15 is 0 Å². The van der Waals surface area contributed by atoms with Gasteiger partial charge in [-0.25, -0.2) is 9.78 Å². The minimum Gasteiger partial charge on any atom is -0.497 e.